The first-order chi connectivity index (χ1) is 12.3. The molecule has 1 N–H and O–H groups in total. The van der Waals surface area contributed by atoms with Gasteiger partial charge in [-0.05, 0) is 30.2 Å². The summed E-state index contributed by atoms with van der Waals surface area (Å²) in [7, 11) is 1.20. The van der Waals surface area contributed by atoms with Crippen LogP contribution in [-0.2, 0) is 17.3 Å². The van der Waals surface area contributed by atoms with Gasteiger partial charge in [0.15, 0.2) is 0 Å². The standard InChI is InChI=1S/C16H17F3N4O3/c1-26-15(25)23(10-13(24)12-3-2-7-21-22-12)8-6-11-4-5-14(20-9-11)16(17,18)19/h2-5,7,9,13,24H,6,8,10H2,1H3. The maximum absolute atomic E-state index is 12.5. The highest BCUT2D eigenvalue weighted by molar-refractivity contribution is 5.67. The number of aliphatic hydroxyl groups excluding tert-OH is 1. The fourth-order valence-corrected chi connectivity index (χ4v) is 2.18. The highest BCUT2D eigenvalue weighted by atomic mass is 19.4. The van der Waals surface area contributed by atoms with E-state index in [1.54, 1.807) is 12.1 Å². The minimum absolute atomic E-state index is 0.0978. The molecule has 0 aromatic carbocycles. The maximum atomic E-state index is 12.5. The van der Waals surface area contributed by atoms with Crippen molar-refractivity contribution in [3.8, 4) is 0 Å². The quantitative estimate of drug-likeness (QED) is 0.839. The highest BCUT2D eigenvalue weighted by Crippen LogP contribution is 2.27. The zero-order chi connectivity index (χ0) is 19.2. The van der Waals surface area contributed by atoms with E-state index in [0.717, 1.165) is 12.3 Å². The number of rotatable bonds is 6. The molecule has 1 amide bonds. The first-order valence-corrected chi connectivity index (χ1v) is 7.62. The summed E-state index contributed by atoms with van der Waals surface area (Å²) in [6.07, 6.45) is -3.45. The van der Waals surface area contributed by atoms with Gasteiger partial charge in [0.1, 0.15) is 11.8 Å². The van der Waals surface area contributed by atoms with Crippen LogP contribution in [0.1, 0.15) is 23.1 Å². The fraction of sp³-hybridized carbons (Fsp3) is 0.375. The number of carbonyl (C=O) groups is 1. The van der Waals surface area contributed by atoms with Crippen LogP contribution in [0.4, 0.5) is 18.0 Å². The minimum Gasteiger partial charge on any atom is -0.453 e. The molecule has 0 aliphatic rings. The lowest BCUT2D eigenvalue weighted by molar-refractivity contribution is -0.141. The predicted octanol–water partition coefficient (Wildman–Crippen LogP) is 2.23. The summed E-state index contributed by atoms with van der Waals surface area (Å²) in [6.45, 7) is 0.0243. The summed E-state index contributed by atoms with van der Waals surface area (Å²) in [5, 5.41) is 17.6. The Kier molecular flexibility index (Phi) is 6.45. The molecule has 0 aliphatic carbocycles. The molecule has 26 heavy (non-hydrogen) atoms. The molecule has 2 heterocycles. The van der Waals surface area contributed by atoms with Crippen molar-refractivity contribution in [3.05, 3.63) is 53.6 Å². The van der Waals surface area contributed by atoms with E-state index >= 15 is 0 Å². The zero-order valence-electron chi connectivity index (χ0n) is 13.8. The second-order valence-corrected chi connectivity index (χ2v) is 5.38. The van der Waals surface area contributed by atoms with Crippen molar-refractivity contribution >= 4 is 6.09 Å². The van der Waals surface area contributed by atoms with E-state index in [2.05, 4.69) is 19.9 Å². The number of ether oxygens (including phenoxy) is 1. The number of carbonyl (C=O) groups excluding carboxylic acids is 1. The Balaban J connectivity index is 2.01. The van der Waals surface area contributed by atoms with Gasteiger partial charge >= 0.3 is 12.3 Å². The van der Waals surface area contributed by atoms with Crippen molar-refractivity contribution < 1.29 is 27.8 Å². The second-order valence-electron chi connectivity index (χ2n) is 5.38. The normalized spacial score (nSPS) is 12.5. The zero-order valence-corrected chi connectivity index (χ0v) is 13.8. The van der Waals surface area contributed by atoms with Crippen LogP contribution in [0.5, 0.6) is 0 Å². The van der Waals surface area contributed by atoms with E-state index in [0.29, 0.717) is 5.56 Å². The third-order valence-corrected chi connectivity index (χ3v) is 3.55. The number of methoxy groups -OCH3 is 1. The Labute approximate surface area is 147 Å². The largest absolute Gasteiger partial charge is 0.453 e. The van der Waals surface area contributed by atoms with Gasteiger partial charge in [-0.3, -0.25) is 4.98 Å². The lowest BCUT2D eigenvalue weighted by atomic mass is 10.1. The van der Waals surface area contributed by atoms with E-state index in [1.165, 1.54) is 24.3 Å². The van der Waals surface area contributed by atoms with E-state index in [9.17, 15) is 23.1 Å². The second kappa shape index (κ2) is 8.56. The third-order valence-electron chi connectivity index (χ3n) is 3.55. The van der Waals surface area contributed by atoms with Gasteiger partial charge in [-0.15, -0.1) is 0 Å². The summed E-state index contributed by atoms with van der Waals surface area (Å²) >= 11 is 0. The number of aliphatic hydroxyl groups is 1. The van der Waals surface area contributed by atoms with Crippen molar-refractivity contribution in [3.63, 3.8) is 0 Å². The van der Waals surface area contributed by atoms with Crippen LogP contribution in [0.2, 0.25) is 0 Å². The Morgan fingerprint density at radius 2 is 2.12 bits per heavy atom. The van der Waals surface area contributed by atoms with Gasteiger partial charge in [0.25, 0.3) is 0 Å². The smallest absolute Gasteiger partial charge is 0.433 e. The molecule has 140 valence electrons. The van der Waals surface area contributed by atoms with Crippen LogP contribution in [0.15, 0.2) is 36.7 Å². The Morgan fingerprint density at radius 1 is 1.35 bits per heavy atom. The minimum atomic E-state index is -4.50. The molecule has 7 nitrogen and oxygen atoms in total. The molecule has 0 fully saturated rings. The summed E-state index contributed by atoms with van der Waals surface area (Å²) in [5.41, 5.74) is -0.178. The average Bonchev–Trinajstić information content (AvgIpc) is 2.64. The van der Waals surface area contributed by atoms with Crippen LogP contribution in [-0.4, -0.2) is 51.5 Å². The first-order valence-electron chi connectivity index (χ1n) is 7.62. The maximum Gasteiger partial charge on any atom is 0.433 e. The van der Waals surface area contributed by atoms with Crippen LogP contribution in [0, 0.1) is 0 Å². The highest BCUT2D eigenvalue weighted by Gasteiger charge is 2.32. The van der Waals surface area contributed by atoms with Crippen molar-refractivity contribution in [1.82, 2.24) is 20.1 Å². The molecular formula is C16H17F3N4O3. The van der Waals surface area contributed by atoms with Crippen molar-refractivity contribution in [1.29, 1.82) is 0 Å². The van der Waals surface area contributed by atoms with E-state index in [1.807, 2.05) is 0 Å². The number of alkyl halides is 3. The Bertz CT molecular complexity index is 711. The van der Waals surface area contributed by atoms with Gasteiger partial charge in [-0.25, -0.2) is 4.79 Å². The molecule has 0 saturated heterocycles. The average molecular weight is 370 g/mol. The topological polar surface area (TPSA) is 88.4 Å². The number of amides is 1. The van der Waals surface area contributed by atoms with E-state index < -0.39 is 24.1 Å². The van der Waals surface area contributed by atoms with E-state index in [4.69, 9.17) is 0 Å². The molecule has 2 aromatic heterocycles. The number of hydrogen-bond donors (Lipinski definition) is 1. The van der Waals surface area contributed by atoms with Crippen molar-refractivity contribution in [2.45, 2.75) is 18.7 Å². The SMILES string of the molecule is COC(=O)N(CCc1ccc(C(F)(F)F)nc1)CC(O)c1cccnn1. The lowest BCUT2D eigenvalue weighted by Gasteiger charge is -2.23. The molecule has 0 spiro atoms. The number of halogens is 3. The van der Waals surface area contributed by atoms with Gasteiger partial charge in [0.2, 0.25) is 0 Å². The summed E-state index contributed by atoms with van der Waals surface area (Å²) < 4.78 is 42.2. The molecule has 0 radical (unpaired) electrons. The molecule has 0 saturated carbocycles. The summed E-state index contributed by atoms with van der Waals surface area (Å²) in [6, 6.07) is 5.34. The molecular weight excluding hydrogens is 353 g/mol. The van der Waals surface area contributed by atoms with Crippen LogP contribution in [0.25, 0.3) is 0 Å². The van der Waals surface area contributed by atoms with Crippen LogP contribution < -0.4 is 0 Å². The van der Waals surface area contributed by atoms with Crippen LogP contribution in [0.3, 0.4) is 0 Å². The number of aromatic nitrogens is 3. The molecule has 2 rings (SSSR count). The third kappa shape index (κ3) is 5.38. The fourth-order valence-electron chi connectivity index (χ4n) is 2.18. The van der Waals surface area contributed by atoms with Gasteiger partial charge in [0.05, 0.1) is 19.3 Å². The molecule has 10 heteroatoms. The van der Waals surface area contributed by atoms with Crippen LogP contribution >= 0.6 is 0 Å². The van der Waals surface area contributed by atoms with Gasteiger partial charge in [0, 0.05) is 18.9 Å². The molecule has 1 atom stereocenters. The van der Waals surface area contributed by atoms with Crippen molar-refractivity contribution in [2.24, 2.45) is 0 Å². The Hall–Kier alpha value is -2.75. The lowest BCUT2D eigenvalue weighted by Crippen LogP contribution is -2.36. The van der Waals surface area contributed by atoms with Crippen molar-refractivity contribution in [2.75, 3.05) is 20.2 Å². The molecule has 0 bridgehead atoms. The first kappa shape index (κ1) is 19.6. The van der Waals surface area contributed by atoms with Gasteiger partial charge < -0.3 is 14.7 Å². The number of pyridine rings is 1. The Morgan fingerprint density at radius 3 is 2.65 bits per heavy atom. The van der Waals surface area contributed by atoms with E-state index in [-0.39, 0.29) is 25.2 Å². The predicted molar refractivity (Wildman–Crippen MR) is 83.9 cm³/mol. The molecule has 1 unspecified atom stereocenters. The number of hydrogen-bond acceptors (Lipinski definition) is 6. The summed E-state index contributed by atoms with van der Waals surface area (Å²) in [4.78, 5) is 16.5. The monoisotopic (exact) mass is 370 g/mol. The summed E-state index contributed by atoms with van der Waals surface area (Å²) in [5.74, 6) is 0. The van der Waals surface area contributed by atoms with Gasteiger partial charge in [-0.2, -0.15) is 23.4 Å². The molecule has 0 aliphatic heterocycles. The number of nitrogens with zero attached hydrogens (tertiary/aromatic N) is 4. The van der Waals surface area contributed by atoms with Gasteiger partial charge in [-0.1, -0.05) is 6.07 Å². The molecule has 2 aromatic rings.